The first-order valence-electron chi connectivity index (χ1n) is 8.32. The average molecular weight is 264 g/mol. The van der Waals surface area contributed by atoms with Crippen LogP contribution in [-0.2, 0) is 4.79 Å². The van der Waals surface area contributed by atoms with Gasteiger partial charge in [0.25, 0.3) is 0 Å². The average Bonchev–Trinajstić information content (AvgIpc) is 3.04. The van der Waals surface area contributed by atoms with Crippen LogP contribution in [0.3, 0.4) is 0 Å². The molecule has 1 N–H and O–H groups in total. The summed E-state index contributed by atoms with van der Waals surface area (Å²) in [5, 5.41) is 3.63. The van der Waals surface area contributed by atoms with Gasteiger partial charge in [0, 0.05) is 19.1 Å². The summed E-state index contributed by atoms with van der Waals surface area (Å²) in [5.74, 6) is 1.93. The lowest BCUT2D eigenvalue weighted by molar-refractivity contribution is -0.132. The molecule has 19 heavy (non-hydrogen) atoms. The van der Waals surface area contributed by atoms with Gasteiger partial charge in [-0.2, -0.15) is 0 Å². The Morgan fingerprint density at radius 3 is 2.89 bits per heavy atom. The molecule has 2 saturated heterocycles. The Balaban J connectivity index is 1.54. The normalized spacial score (nSPS) is 38.5. The second-order valence-electron chi connectivity index (χ2n) is 6.83. The first kappa shape index (κ1) is 13.4. The quantitative estimate of drug-likeness (QED) is 0.849. The van der Waals surface area contributed by atoms with Crippen LogP contribution >= 0.6 is 0 Å². The second kappa shape index (κ2) is 5.82. The van der Waals surface area contributed by atoms with E-state index in [2.05, 4.69) is 17.1 Å². The summed E-state index contributed by atoms with van der Waals surface area (Å²) in [6, 6.07) is 0.769. The molecule has 0 spiro atoms. The van der Waals surface area contributed by atoms with Crippen molar-refractivity contribution in [2.75, 3.05) is 13.1 Å². The number of nitrogens with one attached hydrogen (secondary N) is 1. The summed E-state index contributed by atoms with van der Waals surface area (Å²) < 4.78 is 0. The van der Waals surface area contributed by atoms with Gasteiger partial charge >= 0.3 is 0 Å². The number of carbonyl (C=O) groups excluding carboxylic acids is 1. The van der Waals surface area contributed by atoms with Crippen molar-refractivity contribution in [3.63, 3.8) is 0 Å². The minimum absolute atomic E-state index is 0.133. The second-order valence-corrected chi connectivity index (χ2v) is 6.83. The van der Waals surface area contributed by atoms with Gasteiger partial charge < -0.3 is 10.2 Å². The van der Waals surface area contributed by atoms with Crippen molar-refractivity contribution in [2.45, 2.75) is 70.4 Å². The zero-order valence-electron chi connectivity index (χ0n) is 12.2. The van der Waals surface area contributed by atoms with Crippen molar-refractivity contribution < 1.29 is 4.79 Å². The molecule has 3 nitrogen and oxygen atoms in total. The fraction of sp³-hybridized carbons (Fsp3) is 0.938. The Hall–Kier alpha value is -0.570. The summed E-state index contributed by atoms with van der Waals surface area (Å²) in [5.41, 5.74) is 0. The number of hydrogen-bond donors (Lipinski definition) is 1. The Labute approximate surface area is 117 Å². The molecule has 1 aliphatic carbocycles. The van der Waals surface area contributed by atoms with E-state index >= 15 is 0 Å². The number of hydrogen-bond acceptors (Lipinski definition) is 2. The maximum absolute atomic E-state index is 12.6. The van der Waals surface area contributed by atoms with Crippen LogP contribution < -0.4 is 5.32 Å². The van der Waals surface area contributed by atoms with Gasteiger partial charge in [-0.05, 0) is 43.9 Å². The van der Waals surface area contributed by atoms with Crippen LogP contribution in [0.5, 0.6) is 0 Å². The standard InChI is InChI=1S/C16H28N2O/c1-2-5-12-8-9-18(11-12)16(19)15-10-13-6-3-4-7-14(13)17-15/h12-15,17H,2-11H2,1H3. The summed E-state index contributed by atoms with van der Waals surface area (Å²) >= 11 is 0. The minimum Gasteiger partial charge on any atom is -0.341 e. The van der Waals surface area contributed by atoms with Gasteiger partial charge in [-0.3, -0.25) is 4.79 Å². The first-order chi connectivity index (χ1) is 9.28. The van der Waals surface area contributed by atoms with Crippen LogP contribution in [0.15, 0.2) is 0 Å². The van der Waals surface area contributed by atoms with Crippen LogP contribution in [-0.4, -0.2) is 36.0 Å². The SMILES string of the molecule is CCCC1CCN(C(=O)C2CC3CCCCC3N2)C1. The van der Waals surface area contributed by atoms with E-state index < -0.39 is 0 Å². The van der Waals surface area contributed by atoms with E-state index in [1.165, 1.54) is 44.9 Å². The van der Waals surface area contributed by atoms with Gasteiger partial charge in [0.2, 0.25) is 5.91 Å². The van der Waals surface area contributed by atoms with Crippen molar-refractivity contribution in [2.24, 2.45) is 11.8 Å². The van der Waals surface area contributed by atoms with Crippen molar-refractivity contribution in [3.8, 4) is 0 Å². The maximum atomic E-state index is 12.6. The number of fused-ring (bicyclic) bond motifs is 1. The van der Waals surface area contributed by atoms with Crippen molar-refractivity contribution in [1.29, 1.82) is 0 Å². The molecular formula is C16H28N2O. The number of rotatable bonds is 3. The lowest BCUT2D eigenvalue weighted by Crippen LogP contribution is -2.44. The monoisotopic (exact) mass is 264 g/mol. The van der Waals surface area contributed by atoms with Crippen LogP contribution in [0.4, 0.5) is 0 Å². The fourth-order valence-corrected chi connectivity index (χ4v) is 4.41. The third-order valence-electron chi connectivity index (χ3n) is 5.46. The Bertz CT molecular complexity index is 317. The molecule has 1 amide bonds. The molecule has 0 aromatic carbocycles. The zero-order chi connectivity index (χ0) is 13.2. The molecule has 3 fully saturated rings. The van der Waals surface area contributed by atoms with Gasteiger partial charge in [-0.15, -0.1) is 0 Å². The molecular weight excluding hydrogens is 236 g/mol. The van der Waals surface area contributed by atoms with Crippen LogP contribution in [0.2, 0.25) is 0 Å². The zero-order valence-corrected chi connectivity index (χ0v) is 12.2. The van der Waals surface area contributed by atoms with E-state index in [1.807, 2.05) is 0 Å². The number of amides is 1. The third kappa shape index (κ3) is 2.81. The summed E-state index contributed by atoms with van der Waals surface area (Å²) in [4.78, 5) is 14.7. The predicted octanol–water partition coefficient (Wildman–Crippen LogP) is 2.56. The largest absolute Gasteiger partial charge is 0.341 e. The summed E-state index contributed by atoms with van der Waals surface area (Å²) in [6.07, 6.45) is 10.2. The maximum Gasteiger partial charge on any atom is 0.239 e. The molecule has 3 rings (SSSR count). The van der Waals surface area contributed by atoms with Crippen LogP contribution in [0.25, 0.3) is 0 Å². The lowest BCUT2D eigenvalue weighted by atomic mass is 9.85. The molecule has 0 aromatic rings. The summed E-state index contributed by atoms with van der Waals surface area (Å²) in [6.45, 7) is 4.25. The van der Waals surface area contributed by atoms with Gasteiger partial charge in [0.15, 0.2) is 0 Å². The highest BCUT2D eigenvalue weighted by Crippen LogP contribution is 2.34. The van der Waals surface area contributed by atoms with E-state index in [-0.39, 0.29) is 6.04 Å². The highest BCUT2D eigenvalue weighted by Gasteiger charge is 2.40. The molecule has 1 saturated carbocycles. The predicted molar refractivity (Wildman–Crippen MR) is 76.9 cm³/mol. The highest BCUT2D eigenvalue weighted by atomic mass is 16.2. The Morgan fingerprint density at radius 1 is 1.26 bits per heavy atom. The molecule has 0 aromatic heterocycles. The molecule has 4 unspecified atom stereocenters. The molecule has 108 valence electrons. The van der Waals surface area contributed by atoms with Crippen LogP contribution in [0, 0.1) is 11.8 Å². The van der Waals surface area contributed by atoms with E-state index in [1.54, 1.807) is 0 Å². The van der Waals surface area contributed by atoms with Gasteiger partial charge in [-0.25, -0.2) is 0 Å². The van der Waals surface area contributed by atoms with Gasteiger partial charge in [-0.1, -0.05) is 26.2 Å². The molecule has 2 aliphatic heterocycles. The van der Waals surface area contributed by atoms with Crippen molar-refractivity contribution in [3.05, 3.63) is 0 Å². The molecule has 2 heterocycles. The number of carbonyl (C=O) groups is 1. The molecule has 0 bridgehead atoms. The molecule has 3 heteroatoms. The Kier molecular flexibility index (Phi) is 4.11. The van der Waals surface area contributed by atoms with E-state index in [0.29, 0.717) is 11.9 Å². The first-order valence-corrected chi connectivity index (χ1v) is 8.32. The summed E-state index contributed by atoms with van der Waals surface area (Å²) in [7, 11) is 0. The fourth-order valence-electron chi connectivity index (χ4n) is 4.41. The van der Waals surface area contributed by atoms with Gasteiger partial charge in [0.05, 0.1) is 6.04 Å². The molecule has 0 radical (unpaired) electrons. The molecule has 3 aliphatic rings. The smallest absolute Gasteiger partial charge is 0.239 e. The van der Waals surface area contributed by atoms with Crippen molar-refractivity contribution >= 4 is 5.91 Å². The number of likely N-dealkylation sites (tertiary alicyclic amines) is 1. The van der Waals surface area contributed by atoms with Crippen molar-refractivity contribution in [1.82, 2.24) is 10.2 Å². The Morgan fingerprint density at radius 2 is 2.11 bits per heavy atom. The molecule has 4 atom stereocenters. The van der Waals surface area contributed by atoms with E-state index in [0.717, 1.165) is 31.3 Å². The lowest BCUT2D eigenvalue weighted by Gasteiger charge is -2.24. The van der Waals surface area contributed by atoms with E-state index in [4.69, 9.17) is 0 Å². The van der Waals surface area contributed by atoms with E-state index in [9.17, 15) is 4.79 Å². The topological polar surface area (TPSA) is 32.3 Å². The van der Waals surface area contributed by atoms with Crippen LogP contribution in [0.1, 0.15) is 58.3 Å². The number of nitrogens with zero attached hydrogens (tertiary/aromatic N) is 1. The minimum atomic E-state index is 0.133. The highest BCUT2D eigenvalue weighted by molar-refractivity contribution is 5.82. The third-order valence-corrected chi connectivity index (χ3v) is 5.46. The van der Waals surface area contributed by atoms with Gasteiger partial charge in [0.1, 0.15) is 0 Å².